The van der Waals surface area contributed by atoms with Crippen molar-refractivity contribution in [3.8, 4) is 0 Å². The van der Waals surface area contributed by atoms with Gasteiger partial charge in [-0.05, 0) is 50.7 Å². The van der Waals surface area contributed by atoms with Crippen LogP contribution in [0.4, 0.5) is 0 Å². The Morgan fingerprint density at radius 1 is 1.16 bits per heavy atom. The predicted molar refractivity (Wildman–Crippen MR) is 109 cm³/mol. The van der Waals surface area contributed by atoms with Crippen LogP contribution >= 0.6 is 0 Å². The summed E-state index contributed by atoms with van der Waals surface area (Å²) in [7, 11) is -1.13. The van der Waals surface area contributed by atoms with Gasteiger partial charge in [-0.3, -0.25) is 0 Å². The number of nitrogens with one attached hydrogen (secondary N) is 1. The Bertz CT molecular complexity index is 534. The molecule has 0 aliphatic heterocycles. The summed E-state index contributed by atoms with van der Waals surface area (Å²) in [6.45, 7) is 4.50. The van der Waals surface area contributed by atoms with Gasteiger partial charge in [0.2, 0.25) is 0 Å². The second kappa shape index (κ2) is 11.6. The zero-order valence-electron chi connectivity index (χ0n) is 16.0. The highest BCUT2D eigenvalue weighted by Gasteiger charge is 2.23. The second-order valence-corrected chi connectivity index (χ2v) is 8.69. The van der Waals surface area contributed by atoms with Crippen LogP contribution in [-0.2, 0) is 11.0 Å². The van der Waals surface area contributed by atoms with E-state index in [-0.39, 0.29) is 6.04 Å². The minimum Gasteiger partial charge on any atom is -0.237 e. The van der Waals surface area contributed by atoms with E-state index in [0.717, 1.165) is 4.90 Å². The molecule has 3 heteroatoms. The van der Waals surface area contributed by atoms with Crippen LogP contribution in [0.2, 0.25) is 0 Å². The molecule has 1 aromatic carbocycles. The van der Waals surface area contributed by atoms with Gasteiger partial charge in [0, 0.05) is 6.04 Å². The normalized spacial score (nSPS) is 18.9. The molecular formula is C22H35NOS. The molecular weight excluding hydrogens is 326 g/mol. The third kappa shape index (κ3) is 7.45. The summed E-state index contributed by atoms with van der Waals surface area (Å²) in [6, 6.07) is 10.0. The summed E-state index contributed by atoms with van der Waals surface area (Å²) >= 11 is 0. The van der Waals surface area contributed by atoms with Crippen molar-refractivity contribution < 1.29 is 4.21 Å². The Balaban J connectivity index is 2.00. The molecule has 0 saturated heterocycles. The Hall–Kier alpha value is -0.930. The van der Waals surface area contributed by atoms with Crippen LogP contribution in [0.1, 0.15) is 78.1 Å². The van der Waals surface area contributed by atoms with Gasteiger partial charge in [0.15, 0.2) is 0 Å². The molecule has 0 unspecified atom stereocenters. The van der Waals surface area contributed by atoms with E-state index in [4.69, 9.17) is 0 Å². The monoisotopic (exact) mass is 361 g/mol. The van der Waals surface area contributed by atoms with Crippen LogP contribution < -0.4 is 4.72 Å². The number of hydrogen-bond acceptors (Lipinski definition) is 1. The first kappa shape index (κ1) is 20.4. The second-order valence-electron chi connectivity index (χ2n) is 7.45. The molecule has 2 atom stereocenters. The van der Waals surface area contributed by atoms with Crippen molar-refractivity contribution in [2.24, 2.45) is 5.92 Å². The maximum absolute atomic E-state index is 12.7. The van der Waals surface area contributed by atoms with Crippen LogP contribution in [0, 0.1) is 5.92 Å². The molecule has 0 amide bonds. The number of unbranched alkanes of at least 4 members (excludes halogenated alkanes) is 3. The van der Waals surface area contributed by atoms with Crippen molar-refractivity contribution in [3.05, 3.63) is 42.0 Å². The summed E-state index contributed by atoms with van der Waals surface area (Å²) in [6.07, 6.45) is 15.2. The highest BCUT2D eigenvalue weighted by Crippen LogP contribution is 2.28. The topological polar surface area (TPSA) is 29.1 Å². The van der Waals surface area contributed by atoms with Crippen LogP contribution in [0.5, 0.6) is 0 Å². The van der Waals surface area contributed by atoms with Gasteiger partial charge in [-0.1, -0.05) is 75.3 Å². The number of rotatable bonds is 10. The number of allylic oxidation sites excluding steroid dienone is 1. The van der Waals surface area contributed by atoms with Gasteiger partial charge in [0.05, 0.1) is 4.90 Å². The molecule has 0 heterocycles. The van der Waals surface area contributed by atoms with Gasteiger partial charge in [-0.2, -0.15) is 0 Å². The van der Waals surface area contributed by atoms with E-state index in [1.807, 2.05) is 30.3 Å². The average Bonchev–Trinajstić information content (AvgIpc) is 2.66. The van der Waals surface area contributed by atoms with E-state index in [9.17, 15) is 4.21 Å². The maximum atomic E-state index is 12.7. The molecule has 2 rings (SSSR count). The quantitative estimate of drug-likeness (QED) is 0.392. The summed E-state index contributed by atoms with van der Waals surface area (Å²) in [4.78, 5) is 0.873. The molecule has 1 aliphatic rings. The molecule has 1 aromatic rings. The summed E-state index contributed by atoms with van der Waals surface area (Å²) < 4.78 is 16.2. The molecule has 1 fully saturated rings. The molecule has 0 bridgehead atoms. The molecule has 1 N–H and O–H groups in total. The molecule has 2 nitrogen and oxygen atoms in total. The molecule has 0 spiro atoms. The fraction of sp³-hybridized carbons (Fsp3) is 0.636. The third-order valence-electron chi connectivity index (χ3n) is 5.25. The van der Waals surface area contributed by atoms with E-state index in [1.165, 1.54) is 69.8 Å². The van der Waals surface area contributed by atoms with Crippen molar-refractivity contribution in [1.29, 1.82) is 0 Å². The SMILES string of the molecule is CCCCCC/C(C)=C/[C@H](N[S@@](=O)c1ccccc1)C1CCCCC1. The summed E-state index contributed by atoms with van der Waals surface area (Å²) in [5.41, 5.74) is 1.45. The molecule has 25 heavy (non-hydrogen) atoms. The molecule has 0 aromatic heterocycles. The zero-order chi connectivity index (χ0) is 17.9. The van der Waals surface area contributed by atoms with Crippen LogP contribution in [0.25, 0.3) is 0 Å². The molecule has 1 saturated carbocycles. The van der Waals surface area contributed by atoms with Crippen LogP contribution in [0.3, 0.4) is 0 Å². The lowest BCUT2D eigenvalue weighted by atomic mass is 9.83. The fourth-order valence-corrected chi connectivity index (χ4v) is 4.76. The van der Waals surface area contributed by atoms with Gasteiger partial charge < -0.3 is 0 Å². The van der Waals surface area contributed by atoms with E-state index in [1.54, 1.807) is 0 Å². The standard InChI is InChI=1S/C22H35NOS/c1-3-4-5-8-13-19(2)18-22(20-14-9-6-10-15-20)23-25(24)21-16-11-7-12-17-21/h7,11-12,16-18,20,22-23H,3-6,8-10,13-15H2,1-2H3/b19-18+/t22-,25-/m0/s1. The Morgan fingerprint density at radius 3 is 2.56 bits per heavy atom. The Labute approximate surface area is 157 Å². The number of benzene rings is 1. The Kier molecular flexibility index (Phi) is 9.49. The molecule has 1 aliphatic carbocycles. The van der Waals surface area contributed by atoms with Crippen LogP contribution in [0.15, 0.2) is 46.9 Å². The maximum Gasteiger partial charge on any atom is 0.125 e. The average molecular weight is 362 g/mol. The van der Waals surface area contributed by atoms with Gasteiger partial charge in [-0.25, -0.2) is 8.93 Å². The van der Waals surface area contributed by atoms with Gasteiger partial charge >= 0.3 is 0 Å². The lowest BCUT2D eigenvalue weighted by Gasteiger charge is -2.29. The first-order chi connectivity index (χ1) is 12.2. The third-order valence-corrected chi connectivity index (χ3v) is 6.43. The largest absolute Gasteiger partial charge is 0.237 e. The minimum absolute atomic E-state index is 0.229. The first-order valence-corrected chi connectivity index (χ1v) is 11.3. The van der Waals surface area contributed by atoms with Crippen molar-refractivity contribution in [2.75, 3.05) is 0 Å². The highest BCUT2D eigenvalue weighted by molar-refractivity contribution is 7.83. The van der Waals surface area contributed by atoms with Crippen LogP contribution in [-0.4, -0.2) is 10.3 Å². The van der Waals surface area contributed by atoms with E-state index < -0.39 is 11.0 Å². The lowest BCUT2D eigenvalue weighted by Crippen LogP contribution is -2.37. The van der Waals surface area contributed by atoms with Crippen molar-refractivity contribution in [2.45, 2.75) is 89.0 Å². The van der Waals surface area contributed by atoms with E-state index in [0.29, 0.717) is 5.92 Å². The predicted octanol–water partition coefficient (Wildman–Crippen LogP) is 6.16. The van der Waals surface area contributed by atoms with Crippen molar-refractivity contribution >= 4 is 11.0 Å². The molecule has 0 radical (unpaired) electrons. The van der Waals surface area contributed by atoms with Crippen molar-refractivity contribution in [3.63, 3.8) is 0 Å². The van der Waals surface area contributed by atoms with E-state index in [2.05, 4.69) is 24.6 Å². The zero-order valence-corrected chi connectivity index (χ0v) is 16.8. The summed E-state index contributed by atoms with van der Waals surface area (Å²) in [5, 5.41) is 0. The van der Waals surface area contributed by atoms with Gasteiger partial charge in [0.1, 0.15) is 11.0 Å². The number of hydrogen-bond donors (Lipinski definition) is 1. The first-order valence-electron chi connectivity index (χ1n) is 10.1. The lowest BCUT2D eigenvalue weighted by molar-refractivity contribution is 0.321. The van der Waals surface area contributed by atoms with E-state index >= 15 is 0 Å². The fourth-order valence-electron chi connectivity index (χ4n) is 3.72. The van der Waals surface area contributed by atoms with Gasteiger partial charge in [-0.15, -0.1) is 0 Å². The van der Waals surface area contributed by atoms with Crippen molar-refractivity contribution in [1.82, 2.24) is 4.72 Å². The Morgan fingerprint density at radius 2 is 1.88 bits per heavy atom. The minimum atomic E-state index is -1.13. The van der Waals surface area contributed by atoms with Gasteiger partial charge in [0.25, 0.3) is 0 Å². The summed E-state index contributed by atoms with van der Waals surface area (Å²) in [5.74, 6) is 0.618. The smallest absolute Gasteiger partial charge is 0.125 e. The highest BCUT2D eigenvalue weighted by atomic mass is 32.2. The molecule has 140 valence electrons.